The van der Waals surface area contributed by atoms with Crippen molar-refractivity contribution < 1.29 is 24.2 Å². The summed E-state index contributed by atoms with van der Waals surface area (Å²) in [4.78, 5) is 22.5. The lowest BCUT2D eigenvalue weighted by molar-refractivity contribution is -0.207. The summed E-state index contributed by atoms with van der Waals surface area (Å²) >= 11 is 0. The number of hydrogen-bond acceptors (Lipinski definition) is 4. The molecule has 92 valence electrons. The Bertz CT molecular complexity index is 297. The van der Waals surface area contributed by atoms with Gasteiger partial charge in [0.25, 0.3) is 0 Å². The molecule has 0 aromatic heterocycles. The van der Waals surface area contributed by atoms with Gasteiger partial charge in [-0.1, -0.05) is 0 Å². The van der Waals surface area contributed by atoms with Crippen molar-refractivity contribution in [1.82, 2.24) is 0 Å². The highest BCUT2D eigenvalue weighted by Gasteiger charge is 2.48. The van der Waals surface area contributed by atoms with E-state index in [1.807, 2.05) is 13.8 Å². The van der Waals surface area contributed by atoms with Crippen LogP contribution < -0.4 is 0 Å². The van der Waals surface area contributed by atoms with Crippen LogP contribution in [-0.2, 0) is 19.1 Å². The van der Waals surface area contributed by atoms with E-state index in [-0.39, 0.29) is 6.42 Å². The standard InChI is InChI=1S/C11H18O5/c1-10(2)5-4-6-11(16-10,9(13)14)7-8(12)15-3/h4-7H2,1-3H3,(H,13,14)/t11-/m0/s1. The monoisotopic (exact) mass is 230 g/mol. The fraction of sp³-hybridized carbons (Fsp3) is 0.818. The molecule has 0 spiro atoms. The molecule has 0 aromatic carbocycles. The molecule has 1 heterocycles. The number of hydrogen-bond donors (Lipinski definition) is 1. The van der Waals surface area contributed by atoms with Crippen LogP contribution >= 0.6 is 0 Å². The minimum Gasteiger partial charge on any atom is -0.479 e. The quantitative estimate of drug-likeness (QED) is 0.741. The average Bonchev–Trinajstić information content (AvgIpc) is 2.15. The topological polar surface area (TPSA) is 72.8 Å². The van der Waals surface area contributed by atoms with E-state index in [1.165, 1.54) is 7.11 Å². The zero-order chi connectivity index (χ0) is 12.4. The second-order valence-corrected chi connectivity index (χ2v) is 4.77. The van der Waals surface area contributed by atoms with E-state index in [4.69, 9.17) is 4.74 Å². The zero-order valence-corrected chi connectivity index (χ0v) is 9.91. The summed E-state index contributed by atoms with van der Waals surface area (Å²) in [5.74, 6) is -1.65. The molecule has 0 bridgehead atoms. The second kappa shape index (κ2) is 4.41. The molecule has 1 saturated heterocycles. The van der Waals surface area contributed by atoms with Gasteiger partial charge in [0.2, 0.25) is 0 Å². The number of carbonyl (C=O) groups excluding carboxylic acids is 1. The molecule has 0 radical (unpaired) electrons. The molecule has 0 saturated carbocycles. The average molecular weight is 230 g/mol. The lowest BCUT2D eigenvalue weighted by Crippen LogP contribution is -2.52. The van der Waals surface area contributed by atoms with Crippen LogP contribution in [0.25, 0.3) is 0 Å². The fourth-order valence-electron chi connectivity index (χ4n) is 2.09. The first-order valence-electron chi connectivity index (χ1n) is 5.32. The van der Waals surface area contributed by atoms with Crippen molar-refractivity contribution in [1.29, 1.82) is 0 Å². The molecule has 5 heteroatoms. The number of rotatable bonds is 3. The van der Waals surface area contributed by atoms with Crippen molar-refractivity contribution in [2.45, 2.75) is 50.7 Å². The minimum absolute atomic E-state index is 0.234. The Kier molecular flexibility index (Phi) is 3.57. The Balaban J connectivity index is 2.88. The first-order chi connectivity index (χ1) is 7.31. The summed E-state index contributed by atoms with van der Waals surface area (Å²) in [5, 5.41) is 9.23. The molecule has 0 aliphatic carbocycles. The number of methoxy groups -OCH3 is 1. The summed E-state index contributed by atoms with van der Waals surface area (Å²) in [6.45, 7) is 3.67. The van der Waals surface area contributed by atoms with Crippen LogP contribution in [-0.4, -0.2) is 35.4 Å². The van der Waals surface area contributed by atoms with Gasteiger partial charge in [-0.3, -0.25) is 4.79 Å². The van der Waals surface area contributed by atoms with E-state index in [1.54, 1.807) is 0 Å². The van der Waals surface area contributed by atoms with Crippen molar-refractivity contribution in [3.63, 3.8) is 0 Å². The number of carboxylic acid groups (broad SMARTS) is 1. The largest absolute Gasteiger partial charge is 0.479 e. The predicted octanol–water partition coefficient (Wildman–Crippen LogP) is 1.35. The van der Waals surface area contributed by atoms with Crippen LogP contribution in [0.15, 0.2) is 0 Å². The first kappa shape index (κ1) is 13.0. The Morgan fingerprint density at radius 1 is 1.38 bits per heavy atom. The van der Waals surface area contributed by atoms with E-state index < -0.39 is 23.1 Å². The summed E-state index contributed by atoms with van der Waals surface area (Å²) < 4.78 is 10.1. The number of ether oxygens (including phenoxy) is 2. The Labute approximate surface area is 94.7 Å². The molecule has 16 heavy (non-hydrogen) atoms. The van der Waals surface area contributed by atoms with Crippen LogP contribution in [0.3, 0.4) is 0 Å². The Hall–Kier alpha value is -1.10. The summed E-state index contributed by atoms with van der Waals surface area (Å²) in [7, 11) is 1.24. The summed E-state index contributed by atoms with van der Waals surface area (Å²) in [6, 6.07) is 0. The van der Waals surface area contributed by atoms with Crippen molar-refractivity contribution in [3.8, 4) is 0 Å². The SMILES string of the molecule is COC(=O)C[C@]1(C(=O)O)CCCC(C)(C)O1. The molecule has 1 atom stereocenters. The van der Waals surface area contributed by atoms with Gasteiger partial charge in [0, 0.05) is 0 Å². The van der Waals surface area contributed by atoms with Crippen LogP contribution in [0.4, 0.5) is 0 Å². The van der Waals surface area contributed by atoms with E-state index in [2.05, 4.69) is 4.74 Å². The lowest BCUT2D eigenvalue weighted by Gasteiger charge is -2.42. The molecule has 1 N–H and O–H groups in total. The molecule has 5 nitrogen and oxygen atoms in total. The van der Waals surface area contributed by atoms with Gasteiger partial charge in [-0.15, -0.1) is 0 Å². The van der Waals surface area contributed by atoms with Crippen molar-refractivity contribution in [3.05, 3.63) is 0 Å². The number of carboxylic acids is 1. The summed E-state index contributed by atoms with van der Waals surface area (Å²) in [6.07, 6.45) is 1.64. The molecular weight excluding hydrogens is 212 g/mol. The van der Waals surface area contributed by atoms with Crippen LogP contribution in [0.1, 0.15) is 39.5 Å². The molecule has 0 amide bonds. The van der Waals surface area contributed by atoms with Gasteiger partial charge in [0.05, 0.1) is 19.1 Å². The van der Waals surface area contributed by atoms with E-state index in [9.17, 15) is 14.7 Å². The van der Waals surface area contributed by atoms with Crippen molar-refractivity contribution >= 4 is 11.9 Å². The van der Waals surface area contributed by atoms with Gasteiger partial charge in [-0.2, -0.15) is 0 Å². The van der Waals surface area contributed by atoms with Gasteiger partial charge >= 0.3 is 11.9 Å². The van der Waals surface area contributed by atoms with Crippen molar-refractivity contribution in [2.24, 2.45) is 0 Å². The van der Waals surface area contributed by atoms with Crippen LogP contribution in [0.5, 0.6) is 0 Å². The number of aliphatic carboxylic acids is 1. The van der Waals surface area contributed by atoms with Crippen LogP contribution in [0, 0.1) is 0 Å². The highest BCUT2D eigenvalue weighted by molar-refractivity contribution is 5.84. The van der Waals surface area contributed by atoms with E-state index >= 15 is 0 Å². The van der Waals surface area contributed by atoms with Gasteiger partial charge in [-0.25, -0.2) is 4.79 Å². The van der Waals surface area contributed by atoms with Gasteiger partial charge < -0.3 is 14.6 Å². The maximum Gasteiger partial charge on any atom is 0.336 e. The molecule has 1 aliphatic rings. The third-order valence-corrected chi connectivity index (χ3v) is 2.88. The van der Waals surface area contributed by atoms with Gasteiger partial charge in [0.15, 0.2) is 5.60 Å². The molecule has 0 unspecified atom stereocenters. The van der Waals surface area contributed by atoms with E-state index in [0.29, 0.717) is 6.42 Å². The van der Waals surface area contributed by atoms with Gasteiger partial charge in [0.1, 0.15) is 0 Å². The first-order valence-corrected chi connectivity index (χ1v) is 5.32. The highest BCUT2D eigenvalue weighted by Crippen LogP contribution is 2.37. The van der Waals surface area contributed by atoms with Gasteiger partial charge in [-0.05, 0) is 33.1 Å². The molecule has 1 fully saturated rings. The molecule has 0 aromatic rings. The summed E-state index contributed by atoms with van der Waals surface area (Å²) in [5.41, 5.74) is -1.93. The number of esters is 1. The molecular formula is C11H18O5. The molecule has 1 rings (SSSR count). The second-order valence-electron chi connectivity index (χ2n) is 4.77. The number of carbonyl (C=O) groups is 2. The molecule has 1 aliphatic heterocycles. The Morgan fingerprint density at radius 2 is 2.00 bits per heavy atom. The zero-order valence-electron chi connectivity index (χ0n) is 9.91. The third-order valence-electron chi connectivity index (χ3n) is 2.88. The van der Waals surface area contributed by atoms with Crippen molar-refractivity contribution in [2.75, 3.05) is 7.11 Å². The smallest absolute Gasteiger partial charge is 0.336 e. The third kappa shape index (κ3) is 2.72. The lowest BCUT2D eigenvalue weighted by atomic mass is 9.84. The maximum absolute atomic E-state index is 11.3. The minimum atomic E-state index is -1.42. The predicted molar refractivity (Wildman–Crippen MR) is 56.0 cm³/mol. The fourth-order valence-corrected chi connectivity index (χ4v) is 2.09. The van der Waals surface area contributed by atoms with Crippen LogP contribution in [0.2, 0.25) is 0 Å². The van der Waals surface area contributed by atoms with E-state index in [0.717, 1.165) is 12.8 Å². The maximum atomic E-state index is 11.3. The Morgan fingerprint density at radius 3 is 2.44 bits per heavy atom. The highest BCUT2D eigenvalue weighted by atomic mass is 16.6. The normalized spacial score (nSPS) is 28.4.